The predicted molar refractivity (Wildman–Crippen MR) is 40.9 cm³/mol. The first kappa shape index (κ1) is 6.66. The minimum atomic E-state index is 0.245. The van der Waals surface area contributed by atoms with Crippen LogP contribution in [0.3, 0.4) is 0 Å². The molecule has 2 bridgehead atoms. The van der Waals surface area contributed by atoms with Crippen LogP contribution in [0.5, 0.6) is 0 Å². The quantitative estimate of drug-likeness (QED) is 0.542. The summed E-state index contributed by atoms with van der Waals surface area (Å²) in [5.41, 5.74) is 0.245. The third kappa shape index (κ3) is 0.731. The van der Waals surface area contributed by atoms with Crippen molar-refractivity contribution < 1.29 is 4.74 Å². The molecule has 0 radical (unpaired) electrons. The Morgan fingerprint density at radius 3 is 2.40 bits per heavy atom. The monoisotopic (exact) mass is 140 g/mol. The second-order valence-corrected chi connectivity index (χ2v) is 4.09. The van der Waals surface area contributed by atoms with Crippen LogP contribution in [0.25, 0.3) is 0 Å². The van der Waals surface area contributed by atoms with Gasteiger partial charge >= 0.3 is 0 Å². The summed E-state index contributed by atoms with van der Waals surface area (Å²) < 4.78 is 5.53. The van der Waals surface area contributed by atoms with Crippen LogP contribution in [0.15, 0.2) is 0 Å². The Labute approximate surface area is 62.8 Å². The summed E-state index contributed by atoms with van der Waals surface area (Å²) in [6.07, 6.45) is 5.56. The number of rotatable bonds is 1. The van der Waals surface area contributed by atoms with Crippen molar-refractivity contribution in [2.45, 2.75) is 38.2 Å². The van der Waals surface area contributed by atoms with Crippen molar-refractivity contribution in [1.82, 2.24) is 0 Å². The van der Waals surface area contributed by atoms with Gasteiger partial charge in [0, 0.05) is 7.11 Å². The van der Waals surface area contributed by atoms with E-state index < -0.39 is 0 Å². The highest BCUT2D eigenvalue weighted by molar-refractivity contribution is 4.98. The third-order valence-electron chi connectivity index (χ3n) is 3.61. The lowest BCUT2D eigenvalue weighted by molar-refractivity contribution is -0.129. The van der Waals surface area contributed by atoms with Crippen molar-refractivity contribution in [2.75, 3.05) is 7.11 Å². The van der Waals surface area contributed by atoms with Gasteiger partial charge in [-0.1, -0.05) is 0 Å². The molecule has 58 valence electrons. The zero-order valence-electron chi connectivity index (χ0n) is 6.89. The molecule has 3 rings (SSSR count). The molecule has 0 amide bonds. The lowest BCUT2D eigenvalue weighted by atomic mass is 9.58. The summed E-state index contributed by atoms with van der Waals surface area (Å²) in [4.78, 5) is 0. The fourth-order valence-corrected chi connectivity index (χ4v) is 2.43. The smallest absolute Gasteiger partial charge is 0.0679 e. The molecule has 1 nitrogen and oxygen atoms in total. The first-order valence-corrected chi connectivity index (χ1v) is 4.30. The van der Waals surface area contributed by atoms with Crippen LogP contribution in [0, 0.1) is 11.8 Å². The highest BCUT2D eigenvalue weighted by Crippen LogP contribution is 2.52. The normalized spacial score (nSPS) is 52.2. The topological polar surface area (TPSA) is 9.23 Å². The van der Waals surface area contributed by atoms with E-state index in [2.05, 4.69) is 6.92 Å². The SMILES string of the molecule is COC1(C)CCC2CC1C2. The average Bonchev–Trinajstić information content (AvgIpc) is 1.86. The summed E-state index contributed by atoms with van der Waals surface area (Å²) >= 11 is 0. The Balaban J connectivity index is 2.07. The molecule has 3 aliphatic rings. The van der Waals surface area contributed by atoms with E-state index in [4.69, 9.17) is 4.74 Å². The fraction of sp³-hybridized carbons (Fsp3) is 1.00. The average molecular weight is 140 g/mol. The lowest BCUT2D eigenvalue weighted by Gasteiger charge is -2.52. The number of methoxy groups -OCH3 is 1. The molecule has 0 saturated heterocycles. The van der Waals surface area contributed by atoms with Crippen LogP contribution in [0.2, 0.25) is 0 Å². The highest BCUT2D eigenvalue weighted by Gasteiger charge is 2.47. The van der Waals surface area contributed by atoms with Gasteiger partial charge in [-0.2, -0.15) is 0 Å². The van der Waals surface area contributed by atoms with Crippen LogP contribution >= 0.6 is 0 Å². The van der Waals surface area contributed by atoms with Crippen molar-refractivity contribution in [3.05, 3.63) is 0 Å². The van der Waals surface area contributed by atoms with Crippen LogP contribution in [0.4, 0.5) is 0 Å². The van der Waals surface area contributed by atoms with Gasteiger partial charge in [0.05, 0.1) is 5.60 Å². The van der Waals surface area contributed by atoms with Crippen molar-refractivity contribution in [1.29, 1.82) is 0 Å². The van der Waals surface area contributed by atoms with Gasteiger partial charge < -0.3 is 4.74 Å². The van der Waals surface area contributed by atoms with Crippen LogP contribution < -0.4 is 0 Å². The Morgan fingerprint density at radius 2 is 2.10 bits per heavy atom. The Hall–Kier alpha value is -0.0400. The molecular formula is C9H16O. The molecule has 0 aromatic heterocycles. The molecule has 1 unspecified atom stereocenters. The number of hydrogen-bond donors (Lipinski definition) is 0. The molecule has 10 heavy (non-hydrogen) atoms. The minimum Gasteiger partial charge on any atom is -0.378 e. The van der Waals surface area contributed by atoms with Crippen LogP contribution in [-0.4, -0.2) is 12.7 Å². The van der Waals surface area contributed by atoms with Gasteiger partial charge in [-0.3, -0.25) is 0 Å². The second-order valence-electron chi connectivity index (χ2n) is 4.09. The predicted octanol–water partition coefficient (Wildman–Crippen LogP) is 2.21. The van der Waals surface area contributed by atoms with E-state index in [1.54, 1.807) is 0 Å². The molecule has 0 aromatic carbocycles. The molecule has 1 atom stereocenters. The standard InChI is InChI=1S/C9H16O/c1-9(10-2)4-3-7-5-8(9)6-7/h7-8H,3-6H2,1-2H3. The van der Waals surface area contributed by atoms with Crippen molar-refractivity contribution in [3.63, 3.8) is 0 Å². The van der Waals surface area contributed by atoms with Crippen LogP contribution in [0.1, 0.15) is 32.6 Å². The summed E-state index contributed by atoms with van der Waals surface area (Å²) in [6.45, 7) is 2.27. The van der Waals surface area contributed by atoms with E-state index in [1.165, 1.54) is 25.7 Å². The first-order chi connectivity index (χ1) is 4.74. The first-order valence-electron chi connectivity index (χ1n) is 4.30. The molecule has 3 saturated carbocycles. The summed E-state index contributed by atoms with van der Waals surface area (Å²) in [6, 6.07) is 0. The lowest BCUT2D eigenvalue weighted by Crippen LogP contribution is -2.49. The molecule has 3 fully saturated rings. The molecule has 0 aliphatic heterocycles. The summed E-state index contributed by atoms with van der Waals surface area (Å²) in [5.74, 6) is 1.95. The second kappa shape index (κ2) is 1.97. The maximum Gasteiger partial charge on any atom is 0.0679 e. The Kier molecular flexibility index (Phi) is 1.31. The summed E-state index contributed by atoms with van der Waals surface area (Å²) in [5, 5.41) is 0. The Morgan fingerprint density at radius 1 is 1.40 bits per heavy atom. The molecular weight excluding hydrogens is 124 g/mol. The fourth-order valence-electron chi connectivity index (χ4n) is 2.43. The van der Waals surface area contributed by atoms with E-state index in [0.717, 1.165) is 11.8 Å². The van der Waals surface area contributed by atoms with Gasteiger partial charge in [0.15, 0.2) is 0 Å². The highest BCUT2D eigenvalue weighted by atomic mass is 16.5. The molecule has 0 N–H and O–H groups in total. The number of fused-ring (bicyclic) bond motifs is 2. The maximum atomic E-state index is 5.53. The van der Waals surface area contributed by atoms with Crippen molar-refractivity contribution >= 4 is 0 Å². The van der Waals surface area contributed by atoms with Gasteiger partial charge in [-0.25, -0.2) is 0 Å². The zero-order chi connectivity index (χ0) is 7.19. The molecule has 0 spiro atoms. The van der Waals surface area contributed by atoms with Gasteiger partial charge in [0.1, 0.15) is 0 Å². The van der Waals surface area contributed by atoms with Gasteiger partial charge in [-0.05, 0) is 44.4 Å². The minimum absolute atomic E-state index is 0.245. The van der Waals surface area contributed by atoms with E-state index >= 15 is 0 Å². The van der Waals surface area contributed by atoms with Crippen molar-refractivity contribution in [2.24, 2.45) is 11.8 Å². The van der Waals surface area contributed by atoms with E-state index in [0.29, 0.717) is 0 Å². The third-order valence-corrected chi connectivity index (χ3v) is 3.61. The van der Waals surface area contributed by atoms with Gasteiger partial charge in [0.25, 0.3) is 0 Å². The number of hydrogen-bond acceptors (Lipinski definition) is 1. The maximum absolute atomic E-state index is 5.53. The molecule has 3 aliphatic carbocycles. The van der Waals surface area contributed by atoms with E-state index in [1.807, 2.05) is 7.11 Å². The van der Waals surface area contributed by atoms with E-state index in [9.17, 15) is 0 Å². The van der Waals surface area contributed by atoms with Crippen LogP contribution in [-0.2, 0) is 4.74 Å². The van der Waals surface area contributed by atoms with Crippen molar-refractivity contribution in [3.8, 4) is 0 Å². The zero-order valence-corrected chi connectivity index (χ0v) is 6.89. The Bertz CT molecular complexity index is 135. The molecule has 1 heteroatoms. The van der Waals surface area contributed by atoms with Gasteiger partial charge in [0.2, 0.25) is 0 Å². The van der Waals surface area contributed by atoms with E-state index in [-0.39, 0.29) is 5.60 Å². The largest absolute Gasteiger partial charge is 0.378 e. The number of ether oxygens (including phenoxy) is 1. The molecule has 0 aromatic rings. The molecule has 0 heterocycles. The summed E-state index contributed by atoms with van der Waals surface area (Å²) in [7, 11) is 1.86. The van der Waals surface area contributed by atoms with Gasteiger partial charge in [-0.15, -0.1) is 0 Å².